The average molecular weight is 359 g/mol. The molecule has 0 saturated carbocycles. The molecule has 2 unspecified atom stereocenters. The highest BCUT2D eigenvalue weighted by Gasteiger charge is 2.59. The molecule has 0 spiro atoms. The summed E-state index contributed by atoms with van der Waals surface area (Å²) in [6.07, 6.45) is 1.21. The van der Waals surface area contributed by atoms with Crippen LogP contribution in [0.5, 0.6) is 0 Å². The third kappa shape index (κ3) is 2.69. The van der Waals surface area contributed by atoms with Crippen LogP contribution in [-0.2, 0) is 16.9 Å². The third-order valence-corrected chi connectivity index (χ3v) is 4.91. The van der Waals surface area contributed by atoms with Crippen molar-refractivity contribution in [2.24, 2.45) is 0 Å². The molecule has 4 rings (SSSR count). The lowest BCUT2D eigenvalue weighted by molar-refractivity contribution is 0.260. The van der Waals surface area contributed by atoms with Crippen molar-refractivity contribution in [3.63, 3.8) is 0 Å². The van der Waals surface area contributed by atoms with E-state index in [0.29, 0.717) is 16.9 Å². The van der Waals surface area contributed by atoms with Crippen LogP contribution in [0.15, 0.2) is 48.8 Å². The quantitative estimate of drug-likeness (QED) is 0.561. The molecular weight excluding hydrogens is 344 g/mol. The van der Waals surface area contributed by atoms with Gasteiger partial charge in [-0.3, -0.25) is 0 Å². The first-order valence-corrected chi connectivity index (χ1v) is 8.21. The Kier molecular flexibility index (Phi) is 3.77. The number of rotatable bonds is 4. The molecule has 25 heavy (non-hydrogen) atoms. The highest BCUT2D eigenvalue weighted by Crippen LogP contribution is 2.58. The van der Waals surface area contributed by atoms with Gasteiger partial charge in [0, 0.05) is 0 Å². The Labute approximate surface area is 148 Å². The Bertz CT molecular complexity index is 1000. The minimum absolute atomic E-state index is 0.280. The summed E-state index contributed by atoms with van der Waals surface area (Å²) in [5.74, 6) is -1.79. The Hall–Kier alpha value is -2.38. The van der Waals surface area contributed by atoms with Crippen molar-refractivity contribution < 1.29 is 13.5 Å². The van der Waals surface area contributed by atoms with Crippen molar-refractivity contribution in [2.45, 2.75) is 25.2 Å². The summed E-state index contributed by atoms with van der Waals surface area (Å²) in [6, 6.07) is 11.7. The normalized spacial score (nSPS) is 22.1. The molecule has 0 amide bonds. The fourth-order valence-electron chi connectivity index (χ4n) is 3.18. The molecule has 1 N–H and O–H groups in total. The lowest BCUT2D eigenvalue weighted by Gasteiger charge is -2.15. The SMILES string of the molecule is Cc1ccccc1C1OC1(Cn1nc[nH]c1=S)c1ccc(F)c(F)c1. The molecule has 1 fully saturated rings. The lowest BCUT2D eigenvalue weighted by Crippen LogP contribution is -2.20. The number of ether oxygens (including phenoxy) is 1. The summed E-state index contributed by atoms with van der Waals surface area (Å²) >= 11 is 5.21. The number of H-pyrrole nitrogens is 1. The minimum atomic E-state index is -0.901. The minimum Gasteiger partial charge on any atom is -0.354 e. The van der Waals surface area contributed by atoms with E-state index in [4.69, 9.17) is 17.0 Å². The maximum atomic E-state index is 13.8. The molecule has 2 aromatic carbocycles. The Balaban J connectivity index is 1.80. The molecule has 1 aliphatic rings. The number of aromatic amines is 1. The van der Waals surface area contributed by atoms with Gasteiger partial charge in [0.15, 0.2) is 16.4 Å². The van der Waals surface area contributed by atoms with Crippen LogP contribution in [0.1, 0.15) is 22.8 Å². The van der Waals surface area contributed by atoms with Gasteiger partial charge >= 0.3 is 0 Å². The summed E-state index contributed by atoms with van der Waals surface area (Å²) in [5, 5.41) is 4.17. The summed E-state index contributed by atoms with van der Waals surface area (Å²) in [5.41, 5.74) is 1.80. The first kappa shape index (κ1) is 16.1. The summed E-state index contributed by atoms with van der Waals surface area (Å²) in [7, 11) is 0. The van der Waals surface area contributed by atoms with Crippen LogP contribution in [0.3, 0.4) is 0 Å². The van der Waals surface area contributed by atoms with Crippen LogP contribution in [0, 0.1) is 23.3 Å². The smallest absolute Gasteiger partial charge is 0.195 e. The van der Waals surface area contributed by atoms with E-state index >= 15 is 0 Å². The predicted octanol–water partition coefficient (Wildman–Crippen LogP) is 4.19. The maximum absolute atomic E-state index is 13.8. The molecule has 7 heteroatoms. The van der Waals surface area contributed by atoms with Gasteiger partial charge < -0.3 is 9.72 Å². The molecule has 2 heterocycles. The first-order chi connectivity index (χ1) is 12.0. The van der Waals surface area contributed by atoms with Gasteiger partial charge in [0.25, 0.3) is 0 Å². The van der Waals surface area contributed by atoms with Crippen molar-refractivity contribution in [3.05, 3.63) is 81.9 Å². The standard InChI is InChI=1S/C18H15F2N3OS/c1-11-4-2-3-5-13(11)16-18(24-16,9-23-17(25)21-10-22-23)12-6-7-14(19)15(20)8-12/h2-8,10,16H,9H2,1H3,(H,21,22,25). The number of benzene rings is 2. The zero-order valence-electron chi connectivity index (χ0n) is 13.4. The van der Waals surface area contributed by atoms with Gasteiger partial charge in [0.05, 0.1) is 6.54 Å². The van der Waals surface area contributed by atoms with Gasteiger partial charge in [-0.1, -0.05) is 30.3 Å². The van der Waals surface area contributed by atoms with Crippen molar-refractivity contribution in [3.8, 4) is 0 Å². The average Bonchev–Trinajstić information content (AvgIpc) is 3.18. The Morgan fingerprint density at radius 1 is 1.24 bits per heavy atom. The van der Waals surface area contributed by atoms with Crippen molar-refractivity contribution in [2.75, 3.05) is 0 Å². The predicted molar refractivity (Wildman–Crippen MR) is 90.5 cm³/mol. The summed E-state index contributed by atoms with van der Waals surface area (Å²) in [6.45, 7) is 2.30. The van der Waals surface area contributed by atoms with Crippen molar-refractivity contribution in [1.29, 1.82) is 0 Å². The number of aryl methyl sites for hydroxylation is 1. The maximum Gasteiger partial charge on any atom is 0.195 e. The molecular formula is C18H15F2N3OS. The fourth-order valence-corrected chi connectivity index (χ4v) is 3.34. The molecule has 128 valence electrons. The van der Waals surface area contributed by atoms with Gasteiger partial charge in [0.2, 0.25) is 0 Å². The number of hydrogen-bond acceptors (Lipinski definition) is 3. The molecule has 1 saturated heterocycles. The summed E-state index contributed by atoms with van der Waals surface area (Å²) in [4.78, 5) is 2.83. The number of nitrogens with zero attached hydrogens (tertiary/aromatic N) is 2. The van der Waals surface area contributed by atoms with Crippen LogP contribution in [0.2, 0.25) is 0 Å². The molecule has 0 radical (unpaired) electrons. The number of hydrogen-bond donors (Lipinski definition) is 1. The number of aromatic nitrogens is 3. The van der Waals surface area contributed by atoms with Gasteiger partial charge in [-0.15, -0.1) is 0 Å². The Morgan fingerprint density at radius 2 is 2.04 bits per heavy atom. The first-order valence-electron chi connectivity index (χ1n) is 7.80. The number of epoxide rings is 1. The Morgan fingerprint density at radius 3 is 2.72 bits per heavy atom. The molecule has 3 aromatic rings. The van der Waals surface area contributed by atoms with E-state index < -0.39 is 17.2 Å². The van der Waals surface area contributed by atoms with Crippen LogP contribution >= 0.6 is 12.2 Å². The molecule has 2 atom stereocenters. The monoisotopic (exact) mass is 359 g/mol. The zero-order valence-corrected chi connectivity index (χ0v) is 14.2. The van der Waals surface area contributed by atoms with Crippen LogP contribution < -0.4 is 0 Å². The summed E-state index contributed by atoms with van der Waals surface area (Å²) < 4.78 is 35.3. The molecule has 4 nitrogen and oxygen atoms in total. The van der Waals surface area contributed by atoms with E-state index in [0.717, 1.165) is 17.2 Å². The van der Waals surface area contributed by atoms with Gasteiger partial charge in [-0.05, 0) is 48.0 Å². The van der Waals surface area contributed by atoms with Crippen LogP contribution in [-0.4, -0.2) is 14.8 Å². The molecule has 0 aliphatic carbocycles. The lowest BCUT2D eigenvalue weighted by atomic mass is 9.90. The fraction of sp³-hybridized carbons (Fsp3) is 0.222. The van der Waals surface area contributed by atoms with Crippen LogP contribution in [0.4, 0.5) is 8.78 Å². The van der Waals surface area contributed by atoms with E-state index in [1.54, 1.807) is 10.7 Å². The highest BCUT2D eigenvalue weighted by atomic mass is 32.1. The van der Waals surface area contributed by atoms with E-state index in [-0.39, 0.29) is 6.10 Å². The zero-order chi connectivity index (χ0) is 17.6. The third-order valence-electron chi connectivity index (χ3n) is 4.58. The van der Waals surface area contributed by atoms with Crippen molar-refractivity contribution >= 4 is 12.2 Å². The second-order valence-corrected chi connectivity index (χ2v) is 6.51. The van der Waals surface area contributed by atoms with E-state index in [2.05, 4.69) is 10.1 Å². The topological polar surface area (TPSA) is 46.1 Å². The van der Waals surface area contributed by atoms with Gasteiger partial charge in [0.1, 0.15) is 18.0 Å². The van der Waals surface area contributed by atoms with Gasteiger partial charge in [-0.25, -0.2) is 13.5 Å². The van der Waals surface area contributed by atoms with Crippen LogP contribution in [0.25, 0.3) is 0 Å². The molecule has 0 bridgehead atoms. The molecule has 1 aliphatic heterocycles. The second-order valence-electron chi connectivity index (χ2n) is 6.12. The largest absolute Gasteiger partial charge is 0.354 e. The number of halogens is 2. The van der Waals surface area contributed by atoms with E-state index in [1.807, 2.05) is 31.2 Å². The second kappa shape index (κ2) is 5.86. The molecule has 1 aromatic heterocycles. The highest BCUT2D eigenvalue weighted by molar-refractivity contribution is 7.71. The van der Waals surface area contributed by atoms with E-state index in [9.17, 15) is 8.78 Å². The van der Waals surface area contributed by atoms with E-state index in [1.165, 1.54) is 12.4 Å². The van der Waals surface area contributed by atoms with Crippen molar-refractivity contribution in [1.82, 2.24) is 14.8 Å². The number of nitrogens with one attached hydrogen (secondary N) is 1. The van der Waals surface area contributed by atoms with Gasteiger partial charge in [-0.2, -0.15) is 5.10 Å².